The lowest BCUT2D eigenvalue weighted by Crippen LogP contribution is -2.53. The molecule has 3 N–H and O–H groups in total. The van der Waals surface area contributed by atoms with Gasteiger partial charge in [0.1, 0.15) is 6.04 Å². The molecule has 1 rings (SSSR count). The zero-order valence-corrected chi connectivity index (χ0v) is 7.67. The molecule has 0 aromatic heterocycles. The fourth-order valence-corrected chi connectivity index (χ4v) is 1.54. The first-order valence-corrected chi connectivity index (χ1v) is 4.10. The zero-order chi connectivity index (χ0) is 7.56. The van der Waals surface area contributed by atoms with Gasteiger partial charge in [-0.25, -0.2) is 3.11 Å². The van der Waals surface area contributed by atoms with Crippen LogP contribution in [0.25, 0.3) is 0 Å². The highest BCUT2D eigenvalue weighted by atomic mass is 127. The molecule has 0 bridgehead atoms. The summed E-state index contributed by atoms with van der Waals surface area (Å²) in [7, 11) is 0. The van der Waals surface area contributed by atoms with Crippen molar-refractivity contribution in [3.63, 3.8) is 0 Å². The van der Waals surface area contributed by atoms with E-state index in [2.05, 4.69) is 31.3 Å². The third-order valence-corrected chi connectivity index (χ3v) is 2.35. The first-order valence-electron chi connectivity index (χ1n) is 3.13. The van der Waals surface area contributed by atoms with Crippen LogP contribution < -0.4 is 11.1 Å². The topological polar surface area (TPSA) is 58.4 Å². The second-order valence-corrected chi connectivity index (χ2v) is 3.64. The van der Waals surface area contributed by atoms with Crippen molar-refractivity contribution in [1.82, 2.24) is 8.43 Å². The predicted octanol–water partition coefficient (Wildman–Crippen LogP) is -0.905. The minimum absolute atomic E-state index is 0.161. The van der Waals surface area contributed by atoms with E-state index in [4.69, 9.17) is 5.73 Å². The highest BCUT2D eigenvalue weighted by molar-refractivity contribution is 14.1. The Bertz CT molecular complexity index is 141. The quantitative estimate of drug-likeness (QED) is 0.471. The van der Waals surface area contributed by atoms with Gasteiger partial charge in [0.2, 0.25) is 5.91 Å². The van der Waals surface area contributed by atoms with Crippen LogP contribution in [-0.4, -0.2) is 34.7 Å². The van der Waals surface area contributed by atoms with Gasteiger partial charge in [-0.1, -0.05) is 0 Å². The van der Waals surface area contributed by atoms with Gasteiger partial charge in [-0.3, -0.25) is 4.79 Å². The van der Waals surface area contributed by atoms with Crippen LogP contribution in [0.4, 0.5) is 0 Å². The Morgan fingerprint density at radius 1 is 1.80 bits per heavy atom. The largest absolute Gasteiger partial charge is 0.368 e. The molecule has 1 saturated heterocycles. The Morgan fingerprint density at radius 3 is 2.90 bits per heavy atom. The van der Waals surface area contributed by atoms with Crippen molar-refractivity contribution in [2.75, 3.05) is 19.6 Å². The third kappa shape index (κ3) is 2.06. The van der Waals surface area contributed by atoms with Crippen LogP contribution in [0.5, 0.6) is 0 Å². The number of piperazine rings is 1. The molecule has 1 atom stereocenters. The normalized spacial score (nSPS) is 28.3. The Kier molecular flexibility index (Phi) is 2.87. The smallest absolute Gasteiger partial charge is 0.235 e. The average Bonchev–Trinajstić information content (AvgIpc) is 1.88. The van der Waals surface area contributed by atoms with E-state index in [1.165, 1.54) is 0 Å². The average molecular weight is 255 g/mol. The number of carbonyl (C=O) groups excluding carboxylic acids is 1. The van der Waals surface area contributed by atoms with Crippen molar-refractivity contribution in [1.29, 1.82) is 0 Å². The van der Waals surface area contributed by atoms with Crippen molar-refractivity contribution >= 4 is 28.8 Å². The van der Waals surface area contributed by atoms with E-state index in [0.717, 1.165) is 19.6 Å². The van der Waals surface area contributed by atoms with Crippen LogP contribution in [-0.2, 0) is 4.79 Å². The summed E-state index contributed by atoms with van der Waals surface area (Å²) in [6.45, 7) is 2.54. The molecule has 0 saturated carbocycles. The van der Waals surface area contributed by atoms with E-state index >= 15 is 0 Å². The molecular formula is C5H10IN3O. The summed E-state index contributed by atoms with van der Waals surface area (Å²) < 4.78 is 2.06. The maximum absolute atomic E-state index is 10.6. The van der Waals surface area contributed by atoms with Gasteiger partial charge in [-0.2, -0.15) is 0 Å². The summed E-state index contributed by atoms with van der Waals surface area (Å²) >= 11 is 2.19. The highest BCUT2D eigenvalue weighted by Crippen LogP contribution is 2.03. The summed E-state index contributed by atoms with van der Waals surface area (Å²) in [6, 6.07) is -0.161. The van der Waals surface area contributed by atoms with Gasteiger partial charge in [0.05, 0.1) is 0 Å². The van der Waals surface area contributed by atoms with Crippen LogP contribution >= 0.6 is 22.9 Å². The monoisotopic (exact) mass is 255 g/mol. The molecular weight excluding hydrogens is 245 g/mol. The lowest BCUT2D eigenvalue weighted by Gasteiger charge is -2.26. The fraction of sp³-hybridized carbons (Fsp3) is 0.800. The Morgan fingerprint density at radius 2 is 2.50 bits per heavy atom. The number of nitrogens with two attached hydrogens (primary N) is 1. The minimum atomic E-state index is -0.263. The van der Waals surface area contributed by atoms with Crippen LogP contribution in [0.2, 0.25) is 0 Å². The summed E-state index contributed by atoms with van der Waals surface area (Å²) in [5.41, 5.74) is 5.10. The predicted molar refractivity (Wildman–Crippen MR) is 46.6 cm³/mol. The van der Waals surface area contributed by atoms with E-state index < -0.39 is 0 Å². The molecule has 0 aromatic rings. The lowest BCUT2D eigenvalue weighted by atomic mass is 10.2. The third-order valence-electron chi connectivity index (χ3n) is 1.47. The molecule has 1 heterocycles. The first-order chi connectivity index (χ1) is 4.70. The van der Waals surface area contributed by atoms with Gasteiger partial charge < -0.3 is 11.1 Å². The number of primary amides is 1. The van der Waals surface area contributed by atoms with Crippen molar-refractivity contribution in [3.8, 4) is 0 Å². The molecule has 0 aliphatic carbocycles. The number of nitrogens with zero attached hydrogens (tertiary/aromatic N) is 1. The molecule has 0 spiro atoms. The van der Waals surface area contributed by atoms with Gasteiger partial charge in [0, 0.05) is 42.5 Å². The fourth-order valence-electron chi connectivity index (χ4n) is 0.905. The lowest BCUT2D eigenvalue weighted by molar-refractivity contribution is -0.120. The van der Waals surface area contributed by atoms with E-state index in [-0.39, 0.29) is 11.9 Å². The van der Waals surface area contributed by atoms with Crippen LogP contribution in [0, 0.1) is 0 Å². The van der Waals surface area contributed by atoms with E-state index in [1.54, 1.807) is 0 Å². The number of rotatable bonds is 1. The Labute approximate surface area is 73.6 Å². The molecule has 5 heteroatoms. The summed E-state index contributed by atoms with van der Waals surface area (Å²) in [6.07, 6.45) is 0. The number of carbonyl (C=O) groups is 1. The summed E-state index contributed by atoms with van der Waals surface area (Å²) in [4.78, 5) is 10.6. The second-order valence-electron chi connectivity index (χ2n) is 2.28. The van der Waals surface area contributed by atoms with Gasteiger partial charge in [-0.05, 0) is 0 Å². The molecule has 58 valence electrons. The molecule has 0 aromatic carbocycles. The van der Waals surface area contributed by atoms with Gasteiger partial charge in [0.15, 0.2) is 0 Å². The molecule has 1 fully saturated rings. The van der Waals surface area contributed by atoms with Crippen LogP contribution in [0.15, 0.2) is 0 Å². The van der Waals surface area contributed by atoms with Crippen LogP contribution in [0.1, 0.15) is 0 Å². The molecule has 1 amide bonds. The van der Waals surface area contributed by atoms with Crippen molar-refractivity contribution < 1.29 is 4.79 Å². The summed E-state index contributed by atoms with van der Waals surface area (Å²) in [5, 5.41) is 3.03. The van der Waals surface area contributed by atoms with Gasteiger partial charge in [0.25, 0.3) is 0 Å². The number of hydrogen-bond acceptors (Lipinski definition) is 3. The van der Waals surface area contributed by atoms with Crippen molar-refractivity contribution in [2.24, 2.45) is 5.73 Å². The molecule has 10 heavy (non-hydrogen) atoms. The van der Waals surface area contributed by atoms with Crippen molar-refractivity contribution in [2.45, 2.75) is 6.04 Å². The number of nitrogens with one attached hydrogen (secondary N) is 1. The SMILES string of the molecule is NC(=O)C1CN(I)CCN1. The first kappa shape index (κ1) is 8.22. The highest BCUT2D eigenvalue weighted by Gasteiger charge is 2.21. The van der Waals surface area contributed by atoms with Gasteiger partial charge in [-0.15, -0.1) is 0 Å². The standard InChI is InChI=1S/C5H10IN3O/c6-9-2-1-8-4(3-9)5(7)10/h4,8H,1-3H2,(H2,7,10). The maximum atomic E-state index is 10.6. The molecule has 0 radical (unpaired) electrons. The number of hydrogen-bond donors (Lipinski definition) is 2. The van der Waals surface area contributed by atoms with E-state index in [9.17, 15) is 4.79 Å². The Hall–Kier alpha value is 0.120. The van der Waals surface area contributed by atoms with E-state index in [0.29, 0.717) is 0 Å². The molecule has 1 aliphatic heterocycles. The summed E-state index contributed by atoms with van der Waals surface area (Å²) in [5.74, 6) is -0.263. The second kappa shape index (κ2) is 3.49. The van der Waals surface area contributed by atoms with Crippen LogP contribution in [0.3, 0.4) is 0 Å². The van der Waals surface area contributed by atoms with E-state index in [1.807, 2.05) is 0 Å². The molecule has 1 aliphatic rings. The number of halogens is 1. The molecule has 1 unspecified atom stereocenters. The maximum Gasteiger partial charge on any atom is 0.235 e. The zero-order valence-electron chi connectivity index (χ0n) is 5.51. The Balaban J connectivity index is 2.39. The minimum Gasteiger partial charge on any atom is -0.368 e. The number of amides is 1. The molecule has 4 nitrogen and oxygen atoms in total. The van der Waals surface area contributed by atoms with Crippen molar-refractivity contribution in [3.05, 3.63) is 0 Å². The van der Waals surface area contributed by atoms with Gasteiger partial charge >= 0.3 is 0 Å².